The third-order valence-electron chi connectivity index (χ3n) is 5.22. The maximum Gasteiger partial charge on any atom is 0.241 e. The highest BCUT2D eigenvalue weighted by Crippen LogP contribution is 2.33. The molecule has 8 heteroatoms. The Morgan fingerprint density at radius 2 is 1.76 bits per heavy atom. The van der Waals surface area contributed by atoms with E-state index in [1.165, 1.54) is 16.8 Å². The standard InChI is InChI=1S/C21H23N3O3S2/c1-15(23-29(26,27)17-7-3-2-4-8-17)21(25)24-13-11-16(12-14-24)20-22-18-9-5-6-10-19(18)28-20/h2-10,15-16,23H,11-14H2,1H3. The van der Waals surface area contributed by atoms with Gasteiger partial charge in [-0.05, 0) is 44.0 Å². The lowest BCUT2D eigenvalue weighted by molar-refractivity contribution is -0.133. The number of nitrogens with one attached hydrogen (secondary N) is 1. The second-order valence-electron chi connectivity index (χ2n) is 7.28. The number of likely N-dealkylation sites (tertiary alicyclic amines) is 1. The summed E-state index contributed by atoms with van der Waals surface area (Å²) in [6.45, 7) is 2.82. The summed E-state index contributed by atoms with van der Waals surface area (Å²) in [4.78, 5) is 19.4. The highest BCUT2D eigenvalue weighted by atomic mass is 32.2. The van der Waals surface area contributed by atoms with E-state index in [0.29, 0.717) is 19.0 Å². The van der Waals surface area contributed by atoms with Crippen LogP contribution < -0.4 is 4.72 Å². The molecule has 2 heterocycles. The zero-order valence-electron chi connectivity index (χ0n) is 16.1. The molecule has 1 amide bonds. The zero-order chi connectivity index (χ0) is 20.4. The molecule has 0 saturated carbocycles. The fourth-order valence-corrected chi connectivity index (χ4v) is 5.99. The normalized spacial score (nSPS) is 16.8. The van der Waals surface area contributed by atoms with Crippen LogP contribution in [0.15, 0.2) is 59.5 Å². The predicted octanol–water partition coefficient (Wildman–Crippen LogP) is 3.37. The monoisotopic (exact) mass is 429 g/mol. The molecular formula is C21H23N3O3S2. The molecule has 29 heavy (non-hydrogen) atoms. The quantitative estimate of drug-likeness (QED) is 0.674. The zero-order valence-corrected chi connectivity index (χ0v) is 17.7. The van der Waals surface area contributed by atoms with E-state index in [1.807, 2.05) is 18.2 Å². The van der Waals surface area contributed by atoms with Gasteiger partial charge in [0.05, 0.1) is 26.2 Å². The lowest BCUT2D eigenvalue weighted by Crippen LogP contribution is -2.49. The molecule has 0 bridgehead atoms. The Kier molecular flexibility index (Phi) is 5.67. The molecule has 0 aliphatic carbocycles. The molecule has 1 aromatic heterocycles. The number of rotatable bonds is 5. The van der Waals surface area contributed by atoms with E-state index in [-0.39, 0.29) is 10.8 Å². The van der Waals surface area contributed by atoms with Crippen LogP contribution in [0.5, 0.6) is 0 Å². The van der Waals surface area contributed by atoms with Gasteiger partial charge >= 0.3 is 0 Å². The summed E-state index contributed by atoms with van der Waals surface area (Å²) >= 11 is 1.72. The molecule has 1 N–H and O–H groups in total. The fourth-order valence-electron chi connectivity index (χ4n) is 3.64. The number of carbonyl (C=O) groups is 1. The Bertz CT molecular complexity index is 1070. The summed E-state index contributed by atoms with van der Waals surface area (Å²) in [5, 5.41) is 1.12. The number of thiazole rings is 1. The average Bonchev–Trinajstić information content (AvgIpc) is 3.18. The molecule has 0 spiro atoms. The van der Waals surface area contributed by atoms with Crippen molar-refractivity contribution in [3.05, 3.63) is 59.6 Å². The van der Waals surface area contributed by atoms with E-state index in [9.17, 15) is 13.2 Å². The maximum absolute atomic E-state index is 12.8. The molecule has 4 rings (SSSR count). The molecule has 3 aromatic rings. The van der Waals surface area contributed by atoms with Crippen LogP contribution in [0.25, 0.3) is 10.2 Å². The Labute approximate surface area is 174 Å². The third kappa shape index (κ3) is 4.34. The van der Waals surface area contributed by atoms with Crippen LogP contribution >= 0.6 is 11.3 Å². The second-order valence-corrected chi connectivity index (χ2v) is 10.1. The number of para-hydroxylation sites is 1. The van der Waals surface area contributed by atoms with E-state index in [2.05, 4.69) is 10.8 Å². The van der Waals surface area contributed by atoms with Gasteiger partial charge in [-0.25, -0.2) is 13.4 Å². The highest BCUT2D eigenvalue weighted by Gasteiger charge is 2.30. The van der Waals surface area contributed by atoms with Crippen molar-refractivity contribution >= 4 is 37.5 Å². The smallest absolute Gasteiger partial charge is 0.241 e. The van der Waals surface area contributed by atoms with Crippen LogP contribution in [0.3, 0.4) is 0 Å². The lowest BCUT2D eigenvalue weighted by Gasteiger charge is -2.33. The van der Waals surface area contributed by atoms with Crippen molar-refractivity contribution in [2.45, 2.75) is 36.6 Å². The summed E-state index contributed by atoms with van der Waals surface area (Å²) in [6.07, 6.45) is 1.67. The minimum atomic E-state index is -3.72. The Hall–Kier alpha value is -2.29. The predicted molar refractivity (Wildman–Crippen MR) is 114 cm³/mol. The summed E-state index contributed by atoms with van der Waals surface area (Å²) in [7, 11) is -3.72. The van der Waals surface area contributed by atoms with Crippen LogP contribution in [0.1, 0.15) is 30.7 Å². The van der Waals surface area contributed by atoms with E-state index >= 15 is 0 Å². The summed E-state index contributed by atoms with van der Waals surface area (Å²) in [5.74, 6) is 0.153. The first-order valence-corrected chi connectivity index (χ1v) is 12.0. The molecule has 0 radical (unpaired) electrons. The van der Waals surface area contributed by atoms with Gasteiger partial charge in [0.1, 0.15) is 0 Å². The average molecular weight is 430 g/mol. The van der Waals surface area contributed by atoms with Crippen molar-refractivity contribution in [3.63, 3.8) is 0 Å². The Morgan fingerprint density at radius 3 is 2.45 bits per heavy atom. The number of fused-ring (bicyclic) bond motifs is 1. The minimum absolute atomic E-state index is 0.161. The number of aromatic nitrogens is 1. The van der Waals surface area contributed by atoms with E-state index in [4.69, 9.17) is 4.98 Å². The molecule has 1 atom stereocenters. The third-order valence-corrected chi connectivity index (χ3v) is 7.98. The van der Waals surface area contributed by atoms with Gasteiger partial charge in [-0.3, -0.25) is 4.79 Å². The topological polar surface area (TPSA) is 79.4 Å². The van der Waals surface area contributed by atoms with Crippen molar-refractivity contribution in [2.24, 2.45) is 0 Å². The number of piperidine rings is 1. The van der Waals surface area contributed by atoms with Gasteiger partial charge in [0, 0.05) is 19.0 Å². The minimum Gasteiger partial charge on any atom is -0.341 e. The maximum atomic E-state index is 12.8. The number of amides is 1. The Balaban J connectivity index is 1.37. The van der Waals surface area contributed by atoms with Gasteiger partial charge in [0.25, 0.3) is 0 Å². The van der Waals surface area contributed by atoms with Crippen LogP contribution in [0, 0.1) is 0 Å². The number of hydrogen-bond acceptors (Lipinski definition) is 5. The van der Waals surface area contributed by atoms with Gasteiger partial charge in [-0.15, -0.1) is 11.3 Å². The van der Waals surface area contributed by atoms with Gasteiger partial charge in [-0.1, -0.05) is 30.3 Å². The van der Waals surface area contributed by atoms with Crippen LogP contribution in [-0.2, 0) is 14.8 Å². The summed E-state index contributed by atoms with van der Waals surface area (Å²) < 4.78 is 28.6. The number of nitrogens with zero attached hydrogens (tertiary/aromatic N) is 2. The van der Waals surface area contributed by atoms with E-state index in [1.54, 1.807) is 41.4 Å². The molecule has 1 aliphatic rings. The number of hydrogen-bond donors (Lipinski definition) is 1. The first kappa shape index (κ1) is 20.0. The largest absolute Gasteiger partial charge is 0.341 e. The molecule has 1 aliphatic heterocycles. The first-order chi connectivity index (χ1) is 13.9. The second kappa shape index (κ2) is 8.22. The van der Waals surface area contributed by atoms with Crippen molar-refractivity contribution in [1.29, 1.82) is 0 Å². The molecule has 6 nitrogen and oxygen atoms in total. The first-order valence-electron chi connectivity index (χ1n) is 9.66. The van der Waals surface area contributed by atoms with Crippen molar-refractivity contribution in [3.8, 4) is 0 Å². The van der Waals surface area contributed by atoms with E-state index in [0.717, 1.165) is 23.4 Å². The number of benzene rings is 2. The van der Waals surface area contributed by atoms with Gasteiger partial charge < -0.3 is 4.90 Å². The van der Waals surface area contributed by atoms with Crippen LogP contribution in [0.2, 0.25) is 0 Å². The van der Waals surface area contributed by atoms with Crippen molar-refractivity contribution in [1.82, 2.24) is 14.6 Å². The van der Waals surface area contributed by atoms with Crippen molar-refractivity contribution in [2.75, 3.05) is 13.1 Å². The van der Waals surface area contributed by atoms with Gasteiger partial charge in [0.2, 0.25) is 15.9 Å². The lowest BCUT2D eigenvalue weighted by atomic mass is 9.97. The van der Waals surface area contributed by atoms with Crippen LogP contribution in [0.4, 0.5) is 0 Å². The van der Waals surface area contributed by atoms with Crippen LogP contribution in [-0.4, -0.2) is 43.3 Å². The van der Waals surface area contributed by atoms with Gasteiger partial charge in [-0.2, -0.15) is 4.72 Å². The van der Waals surface area contributed by atoms with Gasteiger partial charge in [0.15, 0.2) is 0 Å². The van der Waals surface area contributed by atoms with E-state index < -0.39 is 16.1 Å². The highest BCUT2D eigenvalue weighted by molar-refractivity contribution is 7.89. The summed E-state index contributed by atoms with van der Waals surface area (Å²) in [5.41, 5.74) is 1.02. The molecule has 1 fully saturated rings. The molecule has 1 saturated heterocycles. The number of carbonyl (C=O) groups excluding carboxylic acids is 1. The molecule has 152 valence electrons. The van der Waals surface area contributed by atoms with Crippen molar-refractivity contribution < 1.29 is 13.2 Å². The molecular weight excluding hydrogens is 406 g/mol. The number of sulfonamides is 1. The molecule has 1 unspecified atom stereocenters. The SMILES string of the molecule is CC(NS(=O)(=O)c1ccccc1)C(=O)N1CCC(c2nc3ccccc3s2)CC1. The fraction of sp³-hybridized carbons (Fsp3) is 0.333. The molecule has 2 aromatic carbocycles. The summed E-state index contributed by atoms with van der Waals surface area (Å²) in [6, 6.07) is 15.4. The Morgan fingerprint density at radius 1 is 1.10 bits per heavy atom.